The summed E-state index contributed by atoms with van der Waals surface area (Å²) in [4.78, 5) is 24.1. The number of hydrogen-bond donors (Lipinski definition) is 2. The monoisotopic (exact) mass is 426 g/mol. The fourth-order valence-electron chi connectivity index (χ4n) is 2.62. The van der Waals surface area contributed by atoms with Crippen molar-refractivity contribution in [3.05, 3.63) is 38.7 Å². The van der Waals surface area contributed by atoms with Crippen LogP contribution >= 0.6 is 27.7 Å². The molecule has 0 spiro atoms. The number of carbonyl (C=O) groups is 1. The summed E-state index contributed by atoms with van der Waals surface area (Å²) in [6.07, 6.45) is 1.98. The van der Waals surface area contributed by atoms with Crippen molar-refractivity contribution in [2.24, 2.45) is 0 Å². The minimum absolute atomic E-state index is 0.0363. The summed E-state index contributed by atoms with van der Waals surface area (Å²) >= 11 is 4.66. The quantitative estimate of drug-likeness (QED) is 0.692. The van der Waals surface area contributed by atoms with Gasteiger partial charge in [0, 0.05) is 16.8 Å². The first-order chi connectivity index (χ1) is 12.0. The van der Waals surface area contributed by atoms with E-state index in [9.17, 15) is 9.59 Å². The van der Waals surface area contributed by atoms with Crippen molar-refractivity contribution in [1.82, 2.24) is 14.8 Å². The van der Waals surface area contributed by atoms with Crippen molar-refractivity contribution in [2.45, 2.75) is 37.6 Å². The van der Waals surface area contributed by atoms with E-state index in [-0.39, 0.29) is 23.5 Å². The molecule has 9 heteroatoms. The number of H-pyrrole nitrogens is 1. The van der Waals surface area contributed by atoms with Crippen LogP contribution < -0.4 is 11.0 Å². The minimum atomic E-state index is -0.276. The van der Waals surface area contributed by atoms with E-state index in [0.29, 0.717) is 11.7 Å². The predicted octanol–water partition coefficient (Wildman–Crippen LogP) is 2.55. The lowest BCUT2D eigenvalue weighted by Crippen LogP contribution is -2.25. The lowest BCUT2D eigenvalue weighted by Gasteiger charge is -2.11. The molecule has 1 atom stereocenters. The Morgan fingerprint density at radius 1 is 1.56 bits per heavy atom. The van der Waals surface area contributed by atoms with Crippen molar-refractivity contribution in [2.75, 3.05) is 17.7 Å². The first-order valence-corrected chi connectivity index (χ1v) is 9.76. The molecule has 1 aromatic heterocycles. The van der Waals surface area contributed by atoms with Crippen LogP contribution in [-0.4, -0.2) is 39.1 Å². The molecule has 25 heavy (non-hydrogen) atoms. The highest BCUT2D eigenvalue weighted by Crippen LogP contribution is 2.21. The number of nitrogens with one attached hydrogen (secondary N) is 2. The topological polar surface area (TPSA) is 89.0 Å². The van der Waals surface area contributed by atoms with E-state index in [2.05, 4.69) is 31.4 Å². The molecule has 1 saturated heterocycles. The molecule has 3 rings (SSSR count). The highest BCUT2D eigenvalue weighted by molar-refractivity contribution is 9.10. The number of hydrogen-bond acceptors (Lipinski definition) is 5. The molecule has 0 saturated carbocycles. The molecule has 0 bridgehead atoms. The lowest BCUT2D eigenvalue weighted by molar-refractivity contribution is -0.113. The average Bonchev–Trinajstić information content (AvgIpc) is 3.21. The zero-order valence-electron chi connectivity index (χ0n) is 13.8. The van der Waals surface area contributed by atoms with E-state index in [1.165, 1.54) is 16.3 Å². The van der Waals surface area contributed by atoms with Gasteiger partial charge < -0.3 is 10.1 Å². The molecule has 0 aliphatic carbocycles. The fraction of sp³-hybridized carbons (Fsp3) is 0.438. The SMILES string of the molecule is Cc1cc(NC(=O)CSc2n[nH]c(=O)n2CC2CCCO2)ccc1Br. The maximum atomic E-state index is 12.2. The third kappa shape index (κ3) is 4.74. The van der Waals surface area contributed by atoms with E-state index in [1.54, 1.807) is 0 Å². The Morgan fingerprint density at radius 2 is 2.40 bits per heavy atom. The summed E-state index contributed by atoms with van der Waals surface area (Å²) in [6.45, 7) is 3.15. The Hall–Kier alpha value is -1.58. The molecule has 1 unspecified atom stereocenters. The first kappa shape index (κ1) is 18.2. The van der Waals surface area contributed by atoms with Crippen LogP contribution in [0, 0.1) is 6.92 Å². The summed E-state index contributed by atoms with van der Waals surface area (Å²) in [5, 5.41) is 9.80. The van der Waals surface area contributed by atoms with E-state index >= 15 is 0 Å². The summed E-state index contributed by atoms with van der Waals surface area (Å²) in [5.41, 5.74) is 1.51. The Labute approximate surface area is 157 Å². The molecule has 2 N–H and O–H groups in total. The molecular formula is C16H19BrN4O3S. The van der Waals surface area contributed by atoms with Gasteiger partial charge in [0.2, 0.25) is 5.91 Å². The van der Waals surface area contributed by atoms with E-state index < -0.39 is 0 Å². The number of rotatable bonds is 6. The summed E-state index contributed by atoms with van der Waals surface area (Å²) in [5.74, 6) is 0.0242. The lowest BCUT2D eigenvalue weighted by atomic mass is 10.2. The Bertz CT molecular complexity index is 814. The second-order valence-electron chi connectivity index (χ2n) is 5.86. The number of amides is 1. The number of anilines is 1. The number of halogens is 1. The van der Waals surface area contributed by atoms with Crippen LogP contribution in [0.25, 0.3) is 0 Å². The van der Waals surface area contributed by atoms with Gasteiger partial charge in [-0.1, -0.05) is 27.7 Å². The van der Waals surface area contributed by atoms with Crippen LogP contribution in [0.2, 0.25) is 0 Å². The maximum absolute atomic E-state index is 12.2. The largest absolute Gasteiger partial charge is 0.376 e. The molecule has 7 nitrogen and oxygen atoms in total. The molecule has 1 aliphatic heterocycles. The van der Waals surface area contributed by atoms with Gasteiger partial charge >= 0.3 is 5.69 Å². The van der Waals surface area contributed by atoms with Gasteiger partial charge in [0.1, 0.15) is 0 Å². The van der Waals surface area contributed by atoms with Gasteiger partial charge in [-0.3, -0.25) is 9.36 Å². The molecule has 1 aromatic carbocycles. The van der Waals surface area contributed by atoms with Crippen molar-refractivity contribution in [3.63, 3.8) is 0 Å². The van der Waals surface area contributed by atoms with Gasteiger partial charge in [0.15, 0.2) is 5.16 Å². The van der Waals surface area contributed by atoms with E-state index in [0.717, 1.165) is 35.2 Å². The molecule has 1 amide bonds. The second kappa shape index (κ2) is 8.20. The number of aryl methyl sites for hydroxylation is 1. The Kier molecular flexibility index (Phi) is 5.98. The van der Waals surface area contributed by atoms with Crippen LogP contribution in [0.5, 0.6) is 0 Å². The van der Waals surface area contributed by atoms with Gasteiger partial charge in [0.05, 0.1) is 18.4 Å². The van der Waals surface area contributed by atoms with Crippen molar-refractivity contribution < 1.29 is 9.53 Å². The number of thioether (sulfide) groups is 1. The number of nitrogens with zero attached hydrogens (tertiary/aromatic N) is 2. The van der Waals surface area contributed by atoms with Crippen LogP contribution in [0.4, 0.5) is 5.69 Å². The summed E-state index contributed by atoms with van der Waals surface area (Å²) in [7, 11) is 0. The number of aromatic nitrogens is 3. The third-order valence-electron chi connectivity index (χ3n) is 3.91. The molecule has 2 heterocycles. The molecule has 134 valence electrons. The Balaban J connectivity index is 1.58. The standard InChI is InChI=1S/C16H19BrN4O3S/c1-10-7-11(4-5-13(10)17)18-14(22)9-25-16-20-19-15(23)21(16)8-12-3-2-6-24-12/h4-5,7,12H,2-3,6,8-9H2,1H3,(H,18,22)(H,19,23). The summed E-state index contributed by atoms with van der Waals surface area (Å²) < 4.78 is 8.10. The zero-order valence-corrected chi connectivity index (χ0v) is 16.2. The molecule has 0 radical (unpaired) electrons. The predicted molar refractivity (Wildman–Crippen MR) is 100 cm³/mol. The van der Waals surface area contributed by atoms with E-state index in [1.807, 2.05) is 25.1 Å². The van der Waals surface area contributed by atoms with Gasteiger partial charge in [-0.2, -0.15) is 0 Å². The van der Waals surface area contributed by atoms with Crippen LogP contribution in [0.1, 0.15) is 18.4 Å². The highest BCUT2D eigenvalue weighted by Gasteiger charge is 2.20. The van der Waals surface area contributed by atoms with Gasteiger partial charge in [0.25, 0.3) is 0 Å². The molecule has 1 fully saturated rings. The van der Waals surface area contributed by atoms with Gasteiger partial charge in [-0.15, -0.1) is 5.10 Å². The van der Waals surface area contributed by atoms with Crippen LogP contribution in [0.3, 0.4) is 0 Å². The Morgan fingerprint density at radius 3 is 3.12 bits per heavy atom. The number of carbonyl (C=O) groups excluding carboxylic acids is 1. The fourth-order valence-corrected chi connectivity index (χ4v) is 3.62. The minimum Gasteiger partial charge on any atom is -0.376 e. The van der Waals surface area contributed by atoms with Gasteiger partial charge in [-0.25, -0.2) is 9.89 Å². The number of aromatic amines is 1. The van der Waals surface area contributed by atoms with Crippen LogP contribution in [0.15, 0.2) is 32.6 Å². The smallest absolute Gasteiger partial charge is 0.344 e. The number of benzene rings is 1. The normalized spacial score (nSPS) is 17.0. The molecule has 1 aliphatic rings. The summed E-state index contributed by atoms with van der Waals surface area (Å²) in [6, 6.07) is 5.63. The van der Waals surface area contributed by atoms with Crippen LogP contribution in [-0.2, 0) is 16.1 Å². The zero-order chi connectivity index (χ0) is 17.8. The maximum Gasteiger partial charge on any atom is 0.344 e. The van der Waals surface area contributed by atoms with Crippen molar-refractivity contribution in [3.8, 4) is 0 Å². The first-order valence-electron chi connectivity index (χ1n) is 7.98. The average molecular weight is 427 g/mol. The van der Waals surface area contributed by atoms with E-state index in [4.69, 9.17) is 4.74 Å². The second-order valence-corrected chi connectivity index (χ2v) is 7.65. The third-order valence-corrected chi connectivity index (χ3v) is 5.77. The van der Waals surface area contributed by atoms with Crippen molar-refractivity contribution >= 4 is 39.3 Å². The number of ether oxygens (including phenoxy) is 1. The highest BCUT2D eigenvalue weighted by atomic mass is 79.9. The van der Waals surface area contributed by atoms with Gasteiger partial charge in [-0.05, 0) is 43.5 Å². The van der Waals surface area contributed by atoms with Crippen molar-refractivity contribution in [1.29, 1.82) is 0 Å². The molecular weight excluding hydrogens is 408 g/mol. The molecule has 2 aromatic rings.